The topological polar surface area (TPSA) is 476 Å². The first-order chi connectivity index (χ1) is 54.0. The highest BCUT2D eigenvalue weighted by atomic mass is 31.2. The largest absolute Gasteiger partial charge is 0.394 e. The van der Waals surface area contributed by atoms with Crippen molar-refractivity contribution < 1.29 is 141 Å². The molecule has 0 spiro atoms. The van der Waals surface area contributed by atoms with Gasteiger partial charge in [0.1, 0.15) is 65.5 Å². The third-order valence-corrected chi connectivity index (χ3v) is 22.1. The molecule has 16 unspecified atom stereocenters. The minimum atomic E-state index is -3.94. The van der Waals surface area contributed by atoms with E-state index < -0.39 is 124 Å². The van der Waals surface area contributed by atoms with Gasteiger partial charge in [0.15, 0.2) is 26.5 Å². The predicted octanol–water partition coefficient (Wildman–Crippen LogP) is 5.09. The molecule has 0 aliphatic carbocycles. The van der Waals surface area contributed by atoms with E-state index in [4.69, 9.17) is 47.2 Å². The third kappa shape index (κ3) is 41.1. The molecule has 0 aromatic rings. The Morgan fingerprint density at radius 2 is 0.752 bits per heavy atom. The monoisotopic (exact) mass is 1640 g/mol. The summed E-state index contributed by atoms with van der Waals surface area (Å²) in [5.41, 5.74) is -1.11. The van der Waals surface area contributed by atoms with Crippen LogP contribution in [0.15, 0.2) is 0 Å². The van der Waals surface area contributed by atoms with Crippen LogP contribution < -0.4 is 10.6 Å². The second kappa shape index (κ2) is 57.4. The summed E-state index contributed by atoms with van der Waals surface area (Å²) in [5.74, 6) is -1.85. The standard InChI is InChI=1S/C80H141N3O29P/c1-55-45-59(51-109-113(5,101)102)83(47-55)70(94)33-17-9-7-6-8-12-31-64(91)46-80(52-103-42-34-62(89)27-15-10-13-25-60(87)29-18-21-39-106-77-56(2)71(95)74(98)65(48-84)110-77,53-104-43-35-63(90)28-16-11-14-26-61(88)30-19-22-40-107-78-57(3)72(96)75(99)66(49-85)111-78)54-105-44-36-69(93)82-38-24-37-81-68(92)32-20-23-41-108-79-58(4)73(97)76(100)67(50-86)112-79/h55-59,65-67,71-79,84-86,95-100H,5-54H2,1-4H3,(H,81,92)(H,82,93)(H,101,102)/q-1/t55-,56?,57?,58?,59+,65?,66?,67?,71?,72?,73?,74?,75?,76?,77?,78?,79?,80?/m1/s1. The van der Waals surface area contributed by atoms with Gasteiger partial charge < -0.3 is 114 Å². The number of aliphatic hydroxyl groups is 9. The van der Waals surface area contributed by atoms with Crippen LogP contribution in [0.5, 0.6) is 0 Å². The lowest BCUT2D eigenvalue weighted by Gasteiger charge is -2.40. The van der Waals surface area contributed by atoms with Crippen LogP contribution in [0.3, 0.4) is 0 Å². The van der Waals surface area contributed by atoms with Gasteiger partial charge in [0, 0.05) is 146 Å². The second-order valence-electron chi connectivity index (χ2n) is 31.7. The summed E-state index contributed by atoms with van der Waals surface area (Å²) in [5, 5.41) is 95.4. The first kappa shape index (κ1) is 102. The minimum Gasteiger partial charge on any atom is -0.394 e. The molecule has 4 rings (SSSR count). The molecule has 0 radical (unpaired) electrons. The summed E-state index contributed by atoms with van der Waals surface area (Å²) in [7, 11) is -3.94. The van der Waals surface area contributed by atoms with E-state index in [1.54, 1.807) is 25.7 Å². The second-order valence-corrected chi connectivity index (χ2v) is 33.3. The number of amides is 3. The molecule has 4 fully saturated rings. The number of Topliss-reactive ketones (excluding diaryl/α,β-unsaturated/α-hetero) is 5. The number of carbonyl (C=O) groups excluding carboxylic acids is 8. The van der Waals surface area contributed by atoms with Crippen LogP contribution in [0.25, 0.3) is 0 Å². The van der Waals surface area contributed by atoms with Gasteiger partial charge in [-0.05, 0) is 95.8 Å². The number of hydrogen-bond acceptors (Lipinski definition) is 28. The lowest BCUT2D eigenvalue weighted by molar-refractivity contribution is -0.282. The van der Waals surface area contributed by atoms with Crippen LogP contribution in [0, 0.1) is 35.8 Å². The quantitative estimate of drug-likeness (QED) is 0.0214. The summed E-state index contributed by atoms with van der Waals surface area (Å²) < 4.78 is 69.5. The highest BCUT2D eigenvalue weighted by Gasteiger charge is 2.45. The van der Waals surface area contributed by atoms with Crippen molar-refractivity contribution in [3.63, 3.8) is 0 Å². The minimum absolute atomic E-state index is 0.0235. The van der Waals surface area contributed by atoms with Gasteiger partial charge in [0.05, 0.1) is 90.4 Å². The van der Waals surface area contributed by atoms with Gasteiger partial charge in [-0.25, -0.2) is 6.66 Å². The Bertz CT molecular complexity index is 2530. The molecular formula is C80H141N3O29P-. The molecule has 4 saturated heterocycles. The average molecular weight is 1640 g/mol. The van der Waals surface area contributed by atoms with Gasteiger partial charge >= 0.3 is 0 Å². The zero-order valence-electron chi connectivity index (χ0n) is 67.8. The maximum Gasteiger partial charge on any atom is 0.222 e. The third-order valence-electron chi connectivity index (χ3n) is 21.6. The maximum absolute atomic E-state index is 14.2. The van der Waals surface area contributed by atoms with Crippen molar-refractivity contribution in [2.75, 3.05) is 106 Å². The number of nitrogens with zero attached hydrogens (tertiary/aromatic N) is 1. The summed E-state index contributed by atoms with van der Waals surface area (Å²) >= 11 is 0. The Morgan fingerprint density at radius 1 is 0.425 bits per heavy atom. The Labute approximate surface area is 668 Å². The van der Waals surface area contributed by atoms with E-state index >= 15 is 0 Å². The fraction of sp³-hybridized carbons (Fsp3) is 0.887. The number of carbonyl (C=O) groups is 8. The average Bonchev–Trinajstić information content (AvgIpc) is 1.67. The van der Waals surface area contributed by atoms with Gasteiger partial charge in [0.2, 0.25) is 17.7 Å². The summed E-state index contributed by atoms with van der Waals surface area (Å²) in [6, 6.07) is -0.291. The van der Waals surface area contributed by atoms with E-state index in [0.29, 0.717) is 148 Å². The van der Waals surface area contributed by atoms with Crippen LogP contribution in [-0.2, 0) is 90.1 Å². The molecule has 3 amide bonds. The molecule has 4 aliphatic heterocycles. The molecule has 0 saturated carbocycles. The van der Waals surface area contributed by atoms with Crippen molar-refractivity contribution >= 4 is 54.2 Å². The van der Waals surface area contributed by atoms with E-state index in [9.17, 15) is 93.8 Å². The molecule has 113 heavy (non-hydrogen) atoms. The summed E-state index contributed by atoms with van der Waals surface area (Å²) in [6.45, 7) is 10.4. The van der Waals surface area contributed by atoms with Crippen LogP contribution in [0.4, 0.5) is 0 Å². The van der Waals surface area contributed by atoms with Crippen LogP contribution in [-0.4, -0.2) is 288 Å². The van der Waals surface area contributed by atoms with Gasteiger partial charge in [0.25, 0.3) is 0 Å². The van der Waals surface area contributed by atoms with Gasteiger partial charge in [-0.1, -0.05) is 66.2 Å². The molecule has 12 N–H and O–H groups in total. The number of hydrogen-bond donors (Lipinski definition) is 12. The SMILES string of the molecule is [CH2-]P(=O)(O)OC[C@@H]1C[C@@H](C)CN1C(=O)CCCCCCCCC(=O)CC(COCCC(=O)CCCCCC(=O)CCCCOC1OC(CO)C(O)C(O)C1C)(COCCC(=O)CCCCCC(=O)CCCCOC1OC(CO)C(O)C(O)C1C)COCCC(=O)NCCCNC(=O)CCCCOC1OC(CO)C(O)C(O)C1C. The van der Waals surface area contributed by atoms with E-state index in [1.165, 1.54) is 0 Å². The lowest BCUT2D eigenvalue weighted by Crippen LogP contribution is -2.55. The molecule has 4 heterocycles. The van der Waals surface area contributed by atoms with Gasteiger partial charge in [-0.15, -0.1) is 0 Å². The highest BCUT2D eigenvalue weighted by Crippen LogP contribution is 2.41. The number of rotatable bonds is 66. The molecule has 33 heteroatoms. The fourth-order valence-electron chi connectivity index (χ4n) is 14.4. The first-order valence-electron chi connectivity index (χ1n) is 41.7. The predicted molar refractivity (Wildman–Crippen MR) is 413 cm³/mol. The molecular weight excluding hydrogens is 1500 g/mol. The number of ether oxygens (including phenoxy) is 9. The van der Waals surface area contributed by atoms with E-state index in [0.717, 1.165) is 25.7 Å². The van der Waals surface area contributed by atoms with E-state index in [-0.39, 0.29) is 183 Å². The van der Waals surface area contributed by atoms with Crippen molar-refractivity contribution in [3.05, 3.63) is 6.66 Å². The normalized spacial score (nSPS) is 27.0. The van der Waals surface area contributed by atoms with Crippen molar-refractivity contribution in [3.8, 4) is 0 Å². The Morgan fingerprint density at radius 3 is 1.14 bits per heavy atom. The molecule has 0 bridgehead atoms. The number of unbranched alkanes of at least 4 members (excludes halogenated alkanes) is 12. The molecule has 0 aromatic carbocycles. The Balaban J connectivity index is 1.28. The van der Waals surface area contributed by atoms with Crippen molar-refractivity contribution in [1.82, 2.24) is 15.5 Å². The molecule has 656 valence electrons. The highest BCUT2D eigenvalue weighted by molar-refractivity contribution is 7.54. The smallest absolute Gasteiger partial charge is 0.222 e. The van der Waals surface area contributed by atoms with Crippen molar-refractivity contribution in [1.29, 1.82) is 0 Å². The van der Waals surface area contributed by atoms with Gasteiger partial charge in [-0.2, -0.15) is 0 Å². The first-order valence-corrected chi connectivity index (χ1v) is 43.5. The number of ketones is 5. The Kier molecular flexibility index (Phi) is 51.6. The van der Waals surface area contributed by atoms with Crippen LogP contribution in [0.1, 0.15) is 240 Å². The number of nitrogens with one attached hydrogen (secondary N) is 2. The van der Waals surface area contributed by atoms with Crippen molar-refractivity contribution in [2.45, 2.75) is 319 Å². The number of aliphatic hydroxyl groups excluding tert-OH is 9. The van der Waals surface area contributed by atoms with Crippen LogP contribution in [0.2, 0.25) is 0 Å². The van der Waals surface area contributed by atoms with Crippen molar-refractivity contribution in [2.24, 2.45) is 29.1 Å². The molecule has 32 nitrogen and oxygen atoms in total. The number of likely N-dealkylation sites (tertiary alicyclic amines) is 1. The zero-order chi connectivity index (χ0) is 83.1. The van der Waals surface area contributed by atoms with Crippen LogP contribution >= 0.6 is 7.60 Å². The van der Waals surface area contributed by atoms with E-state index in [1.807, 2.05) is 6.92 Å². The molecule has 4 aliphatic rings. The summed E-state index contributed by atoms with van der Waals surface area (Å²) in [6.07, 6.45) is 3.03. The Hall–Kier alpha value is -3.81. The fourth-order valence-corrected chi connectivity index (χ4v) is 14.8. The van der Waals surface area contributed by atoms with Gasteiger partial charge in [-0.3, -0.25) is 42.9 Å². The lowest BCUT2D eigenvalue weighted by atomic mass is 9.83. The molecule has 0 aromatic heterocycles. The molecule has 18 atom stereocenters. The summed E-state index contributed by atoms with van der Waals surface area (Å²) in [4.78, 5) is 116. The van der Waals surface area contributed by atoms with E-state index in [2.05, 4.69) is 17.3 Å². The maximum atomic E-state index is 14.2. The zero-order valence-corrected chi connectivity index (χ0v) is 68.7.